The summed E-state index contributed by atoms with van der Waals surface area (Å²) in [6.07, 6.45) is 0. The lowest BCUT2D eigenvalue weighted by Gasteiger charge is -2.46. The molecule has 0 unspecified atom stereocenters. The predicted octanol–water partition coefficient (Wildman–Crippen LogP) is 6.50. The molecule has 0 saturated heterocycles. The lowest BCUT2D eigenvalue weighted by atomic mass is 9.89. The Balaban J connectivity index is 1.84. The Labute approximate surface area is 219 Å². The zero-order valence-corrected chi connectivity index (χ0v) is 22.7. The van der Waals surface area contributed by atoms with Gasteiger partial charge in [-0.15, -0.1) is 0 Å². The molecule has 0 bridgehead atoms. The second kappa shape index (κ2) is 8.52. The third-order valence-electron chi connectivity index (χ3n) is 6.27. The molecule has 1 aromatic heterocycles. The van der Waals surface area contributed by atoms with Crippen LogP contribution in [-0.4, -0.2) is 28.5 Å². The van der Waals surface area contributed by atoms with Gasteiger partial charge in [-0.3, -0.25) is 4.79 Å². The Kier molecular flexibility index (Phi) is 5.91. The van der Waals surface area contributed by atoms with Gasteiger partial charge in [-0.25, -0.2) is 12.7 Å². The molecule has 1 aliphatic heterocycles. The molecule has 1 aliphatic rings. The Hall–Kier alpha value is -2.13. The van der Waals surface area contributed by atoms with Gasteiger partial charge in [0.2, 0.25) is 0 Å². The predicted molar refractivity (Wildman–Crippen MR) is 141 cm³/mol. The minimum absolute atomic E-state index is 0.0615. The molecule has 0 fully saturated rings. The molecule has 2 heterocycles. The average molecular weight is 623 g/mol. The summed E-state index contributed by atoms with van der Waals surface area (Å²) < 4.78 is 31.7. The largest absolute Gasteiger partial charge is 0.333 e. The number of hydrogen-bond donors (Lipinski definition) is 0. The Morgan fingerprint density at radius 3 is 2.29 bits per heavy atom. The van der Waals surface area contributed by atoms with Gasteiger partial charge < -0.3 is 4.57 Å². The first kappa shape index (κ1) is 23.6. The molecule has 1 atom stereocenters. The van der Waals surface area contributed by atoms with Crippen molar-refractivity contribution < 1.29 is 13.2 Å². The zero-order valence-electron chi connectivity index (χ0n) is 18.0. The van der Waals surface area contributed by atoms with Crippen LogP contribution in [0.4, 0.5) is 0 Å². The highest BCUT2D eigenvalue weighted by atomic mass is 79.9. The van der Waals surface area contributed by atoms with Gasteiger partial charge in [-0.1, -0.05) is 75.6 Å². The van der Waals surface area contributed by atoms with E-state index in [1.807, 2.05) is 35.8 Å². The molecule has 9 heteroatoms. The summed E-state index contributed by atoms with van der Waals surface area (Å²) in [6.45, 7) is 2.12. The second-order valence-electron chi connectivity index (χ2n) is 8.33. The van der Waals surface area contributed by atoms with Crippen LogP contribution in [0.2, 0.25) is 5.02 Å². The van der Waals surface area contributed by atoms with E-state index in [2.05, 4.69) is 31.9 Å². The molecule has 34 heavy (non-hydrogen) atoms. The normalized spacial score (nSPS) is 18.4. The highest BCUT2D eigenvalue weighted by Crippen LogP contribution is 2.45. The van der Waals surface area contributed by atoms with Crippen molar-refractivity contribution >= 4 is 70.3 Å². The van der Waals surface area contributed by atoms with Gasteiger partial charge >= 0.3 is 0 Å². The number of hydrogen-bond acceptors (Lipinski definition) is 3. The number of aryl methyl sites for hydroxylation is 1. The van der Waals surface area contributed by atoms with Crippen LogP contribution in [0.1, 0.15) is 21.6 Å². The van der Waals surface area contributed by atoms with Crippen LogP contribution < -0.4 is 0 Å². The molecule has 0 radical (unpaired) electrons. The van der Waals surface area contributed by atoms with Crippen molar-refractivity contribution in [1.82, 2.24) is 8.87 Å². The van der Waals surface area contributed by atoms with Gasteiger partial charge in [0, 0.05) is 21.3 Å². The Morgan fingerprint density at radius 2 is 1.65 bits per heavy atom. The fourth-order valence-electron chi connectivity index (χ4n) is 4.55. The van der Waals surface area contributed by atoms with Crippen LogP contribution in [0, 0.1) is 6.92 Å². The molecule has 0 spiro atoms. The number of para-hydroxylation sites is 1. The summed E-state index contributed by atoms with van der Waals surface area (Å²) in [6, 6.07) is 21.1. The first-order valence-corrected chi connectivity index (χ1v) is 14.2. The molecule has 5 rings (SSSR count). The Bertz CT molecular complexity index is 1530. The van der Waals surface area contributed by atoms with E-state index in [9.17, 15) is 13.2 Å². The first-order valence-electron chi connectivity index (χ1n) is 10.5. The average Bonchev–Trinajstić information content (AvgIpc) is 3.11. The molecule has 5 nitrogen and oxygen atoms in total. The van der Waals surface area contributed by atoms with Crippen LogP contribution in [0.5, 0.6) is 0 Å². The van der Waals surface area contributed by atoms with Gasteiger partial charge in [-0.05, 0) is 58.7 Å². The number of nitrogens with zero attached hydrogens (tertiary/aromatic N) is 2. The van der Waals surface area contributed by atoms with Gasteiger partial charge in [-0.2, -0.15) is 0 Å². The van der Waals surface area contributed by atoms with E-state index in [4.69, 9.17) is 11.6 Å². The minimum atomic E-state index is -4.22. The standard InChI is InChI=1S/C25H19Br2ClN2O3S/c1-16-6-12-19(13-7-16)34(32,33)30-24(31)23-22(27)20-4-2-3-5-21(20)29(23)15-25(30,14-26)17-8-10-18(28)11-9-17/h2-13H,14-15H2,1H3/t25-/m0/s1. The van der Waals surface area contributed by atoms with Crippen molar-refractivity contribution in [2.45, 2.75) is 23.9 Å². The lowest BCUT2D eigenvalue weighted by Crippen LogP contribution is -2.59. The summed E-state index contributed by atoms with van der Waals surface area (Å²) >= 11 is 13.3. The molecule has 4 aromatic rings. The van der Waals surface area contributed by atoms with Crippen molar-refractivity contribution in [2.75, 3.05) is 5.33 Å². The minimum Gasteiger partial charge on any atom is -0.333 e. The highest BCUT2D eigenvalue weighted by molar-refractivity contribution is 9.10. The van der Waals surface area contributed by atoms with Crippen LogP contribution in [0.3, 0.4) is 0 Å². The highest BCUT2D eigenvalue weighted by Gasteiger charge is 2.53. The van der Waals surface area contributed by atoms with Crippen LogP contribution >= 0.6 is 43.5 Å². The van der Waals surface area contributed by atoms with E-state index in [1.165, 1.54) is 12.1 Å². The SMILES string of the molecule is Cc1ccc(S(=O)(=O)N2C(=O)c3c(Br)c4ccccc4n3C[C@@]2(CBr)c2ccc(Cl)cc2)cc1. The molecule has 0 N–H and O–H groups in total. The van der Waals surface area contributed by atoms with Gasteiger partial charge in [0.15, 0.2) is 0 Å². The summed E-state index contributed by atoms with van der Waals surface area (Å²) in [5.74, 6) is -0.593. The molecule has 174 valence electrons. The maximum atomic E-state index is 14.2. The van der Waals surface area contributed by atoms with Crippen molar-refractivity contribution in [3.63, 3.8) is 0 Å². The molecular formula is C25H19Br2ClN2O3S. The van der Waals surface area contributed by atoms with E-state index in [1.54, 1.807) is 36.4 Å². The zero-order chi connectivity index (χ0) is 24.3. The lowest BCUT2D eigenvalue weighted by molar-refractivity contribution is 0.0643. The number of halogens is 3. The quantitative estimate of drug-likeness (QED) is 0.244. The van der Waals surface area contributed by atoms with Crippen LogP contribution in [-0.2, 0) is 22.1 Å². The van der Waals surface area contributed by atoms with Gasteiger partial charge in [0.25, 0.3) is 15.9 Å². The van der Waals surface area contributed by atoms with E-state index in [0.717, 1.165) is 20.8 Å². The number of rotatable bonds is 4. The summed E-state index contributed by atoms with van der Waals surface area (Å²) in [7, 11) is -4.22. The van der Waals surface area contributed by atoms with Gasteiger partial charge in [0.05, 0.1) is 15.9 Å². The summed E-state index contributed by atoms with van der Waals surface area (Å²) in [4.78, 5) is 14.2. The molecule has 1 amide bonds. The number of carbonyl (C=O) groups excluding carboxylic acids is 1. The molecular weight excluding hydrogens is 604 g/mol. The van der Waals surface area contributed by atoms with E-state index >= 15 is 0 Å². The number of amides is 1. The molecule has 3 aromatic carbocycles. The van der Waals surface area contributed by atoms with Crippen LogP contribution in [0.25, 0.3) is 10.9 Å². The van der Waals surface area contributed by atoms with Crippen LogP contribution in [0.15, 0.2) is 82.2 Å². The van der Waals surface area contributed by atoms with E-state index in [0.29, 0.717) is 20.8 Å². The third-order valence-corrected chi connectivity index (χ3v) is 10.1. The number of fused-ring (bicyclic) bond motifs is 3. The number of alkyl halides is 1. The molecule has 0 aliphatic carbocycles. The number of aromatic nitrogens is 1. The van der Waals surface area contributed by atoms with Crippen molar-refractivity contribution in [3.8, 4) is 0 Å². The smallest absolute Gasteiger partial charge is 0.286 e. The summed E-state index contributed by atoms with van der Waals surface area (Å²) in [5.41, 5.74) is 1.53. The Morgan fingerprint density at radius 1 is 1.00 bits per heavy atom. The van der Waals surface area contributed by atoms with Crippen molar-refractivity contribution in [2.24, 2.45) is 0 Å². The van der Waals surface area contributed by atoms with Gasteiger partial charge in [0.1, 0.15) is 11.2 Å². The number of carbonyl (C=O) groups is 1. The topological polar surface area (TPSA) is 59.4 Å². The van der Waals surface area contributed by atoms with E-state index < -0.39 is 21.5 Å². The van der Waals surface area contributed by atoms with Crippen molar-refractivity contribution in [1.29, 1.82) is 0 Å². The number of sulfonamides is 1. The fourth-order valence-corrected chi connectivity index (χ4v) is 7.99. The third kappa shape index (κ3) is 3.46. The van der Waals surface area contributed by atoms with E-state index in [-0.39, 0.29) is 16.8 Å². The number of benzene rings is 3. The fraction of sp³-hybridized carbons (Fsp3) is 0.160. The maximum Gasteiger partial charge on any atom is 0.286 e. The maximum absolute atomic E-state index is 14.2. The molecule has 0 saturated carbocycles. The summed E-state index contributed by atoms with van der Waals surface area (Å²) in [5, 5.41) is 1.57. The monoisotopic (exact) mass is 620 g/mol. The first-order chi connectivity index (χ1) is 16.2. The second-order valence-corrected chi connectivity index (χ2v) is 11.9. The van der Waals surface area contributed by atoms with Crippen molar-refractivity contribution in [3.05, 3.63) is 99.1 Å².